The fourth-order valence-corrected chi connectivity index (χ4v) is 3.00. The number of nitrogens with one attached hydrogen (secondary N) is 3. The highest BCUT2D eigenvalue weighted by Crippen LogP contribution is 2.31. The molecule has 0 bridgehead atoms. The van der Waals surface area contributed by atoms with Gasteiger partial charge in [-0.2, -0.15) is 0 Å². The van der Waals surface area contributed by atoms with Crippen LogP contribution in [0.15, 0.2) is 18.2 Å². The number of benzene rings is 1. The number of hydrogen-bond acceptors (Lipinski definition) is 5. The van der Waals surface area contributed by atoms with Crippen molar-refractivity contribution >= 4 is 34.8 Å². The Labute approximate surface area is 160 Å². The van der Waals surface area contributed by atoms with Crippen LogP contribution in [-0.4, -0.2) is 30.9 Å². The molecule has 0 saturated heterocycles. The van der Waals surface area contributed by atoms with Crippen molar-refractivity contribution in [3.63, 3.8) is 0 Å². The van der Waals surface area contributed by atoms with E-state index >= 15 is 0 Å². The van der Waals surface area contributed by atoms with E-state index in [9.17, 15) is 14.4 Å². The molecule has 0 fully saturated rings. The van der Waals surface area contributed by atoms with Gasteiger partial charge < -0.3 is 20.7 Å². The molecule has 7 heteroatoms. The average molecular weight is 375 g/mol. The zero-order chi connectivity index (χ0) is 19.8. The second kappa shape index (κ2) is 9.94. The van der Waals surface area contributed by atoms with Crippen molar-refractivity contribution in [1.29, 1.82) is 0 Å². The molecule has 1 aliphatic heterocycles. The number of fused-ring (bicyclic) bond motifs is 1. The highest BCUT2D eigenvalue weighted by Gasteiger charge is 2.27. The average Bonchev–Trinajstić information content (AvgIpc) is 2.63. The van der Waals surface area contributed by atoms with Crippen LogP contribution in [0.5, 0.6) is 0 Å². The summed E-state index contributed by atoms with van der Waals surface area (Å²) in [6.07, 6.45) is 4.20. The summed E-state index contributed by atoms with van der Waals surface area (Å²) in [5.41, 5.74) is 2.20. The van der Waals surface area contributed by atoms with E-state index in [0.29, 0.717) is 24.2 Å². The van der Waals surface area contributed by atoms with Crippen molar-refractivity contribution in [3.8, 4) is 0 Å². The molecule has 1 atom stereocenters. The molecule has 0 unspecified atom stereocenters. The Hall–Kier alpha value is -2.57. The predicted molar refractivity (Wildman–Crippen MR) is 106 cm³/mol. The smallest absolute Gasteiger partial charge is 0.305 e. The van der Waals surface area contributed by atoms with Crippen molar-refractivity contribution in [3.05, 3.63) is 18.2 Å². The Balaban J connectivity index is 1.76. The third-order valence-electron chi connectivity index (χ3n) is 4.58. The minimum Gasteiger partial charge on any atom is -0.469 e. The molecular weight excluding hydrogens is 346 g/mol. The van der Waals surface area contributed by atoms with Crippen molar-refractivity contribution in [2.45, 2.75) is 58.4 Å². The number of hydrogen-bond donors (Lipinski definition) is 3. The fourth-order valence-electron chi connectivity index (χ4n) is 3.00. The van der Waals surface area contributed by atoms with Gasteiger partial charge in [-0.05, 0) is 37.0 Å². The van der Waals surface area contributed by atoms with Crippen LogP contribution in [0.3, 0.4) is 0 Å². The number of carbonyl (C=O) groups is 3. The summed E-state index contributed by atoms with van der Waals surface area (Å²) in [7, 11) is 1.39. The van der Waals surface area contributed by atoms with Gasteiger partial charge in [0, 0.05) is 18.5 Å². The largest absolute Gasteiger partial charge is 0.469 e. The van der Waals surface area contributed by atoms with E-state index < -0.39 is 0 Å². The summed E-state index contributed by atoms with van der Waals surface area (Å²) < 4.78 is 4.59. The lowest BCUT2D eigenvalue weighted by Gasteiger charge is -2.29. The highest BCUT2D eigenvalue weighted by atomic mass is 16.5. The fraction of sp³-hybridized carbons (Fsp3) is 0.550. The lowest BCUT2D eigenvalue weighted by molar-refractivity contribution is -0.140. The minimum absolute atomic E-state index is 0.0573. The maximum absolute atomic E-state index is 12.1. The van der Waals surface area contributed by atoms with Crippen LogP contribution in [-0.2, 0) is 19.1 Å². The standard InChI is InChI=1S/C20H29N3O4/c1-13(2)19-20(26)23-16-12-14(10-11-15(16)22-19)21-17(24)8-6-4-5-7-9-18(25)27-3/h10-13,19,22H,4-9H2,1-3H3,(H,21,24)(H,23,26)/t19-/m0/s1. The first-order valence-corrected chi connectivity index (χ1v) is 9.49. The van der Waals surface area contributed by atoms with E-state index in [1.54, 1.807) is 6.07 Å². The monoisotopic (exact) mass is 375 g/mol. The molecule has 1 aliphatic rings. The van der Waals surface area contributed by atoms with Crippen LogP contribution >= 0.6 is 0 Å². The Morgan fingerprint density at radius 2 is 1.81 bits per heavy atom. The number of esters is 1. The number of carbonyl (C=O) groups excluding carboxylic acids is 3. The van der Waals surface area contributed by atoms with Crippen LogP contribution < -0.4 is 16.0 Å². The number of amides is 2. The van der Waals surface area contributed by atoms with Gasteiger partial charge in [-0.15, -0.1) is 0 Å². The molecule has 1 aromatic carbocycles. The Morgan fingerprint density at radius 3 is 2.48 bits per heavy atom. The minimum atomic E-state index is -0.253. The number of ether oxygens (including phenoxy) is 1. The molecule has 2 rings (SSSR count). The van der Waals surface area contributed by atoms with Gasteiger partial charge in [0.1, 0.15) is 6.04 Å². The van der Waals surface area contributed by atoms with Gasteiger partial charge in [-0.1, -0.05) is 26.7 Å². The third kappa shape index (κ3) is 6.27. The van der Waals surface area contributed by atoms with Gasteiger partial charge in [0.25, 0.3) is 0 Å². The van der Waals surface area contributed by atoms with E-state index in [1.165, 1.54) is 7.11 Å². The molecule has 0 saturated carbocycles. The summed E-state index contributed by atoms with van der Waals surface area (Å²) in [6.45, 7) is 3.98. The normalized spacial score (nSPS) is 15.6. The van der Waals surface area contributed by atoms with Gasteiger partial charge in [-0.3, -0.25) is 14.4 Å². The first-order chi connectivity index (χ1) is 12.9. The summed E-state index contributed by atoms with van der Waals surface area (Å²) in [6, 6.07) is 5.21. The van der Waals surface area contributed by atoms with Crippen molar-refractivity contribution in [2.75, 3.05) is 23.1 Å². The van der Waals surface area contributed by atoms with E-state index in [2.05, 4.69) is 20.7 Å². The second-order valence-corrected chi connectivity index (χ2v) is 7.15. The topological polar surface area (TPSA) is 96.5 Å². The predicted octanol–water partition coefficient (Wildman–Crippen LogP) is 3.53. The maximum Gasteiger partial charge on any atom is 0.305 e. The molecule has 0 spiro atoms. The molecule has 0 radical (unpaired) electrons. The molecule has 27 heavy (non-hydrogen) atoms. The number of methoxy groups -OCH3 is 1. The Bertz CT molecular complexity index is 688. The molecule has 1 aromatic rings. The summed E-state index contributed by atoms with van der Waals surface area (Å²) in [4.78, 5) is 35.2. The van der Waals surface area contributed by atoms with Crippen LogP contribution in [0.4, 0.5) is 17.1 Å². The quantitative estimate of drug-likeness (QED) is 0.453. The first kappa shape index (κ1) is 20.7. The molecule has 1 heterocycles. The van der Waals surface area contributed by atoms with E-state index in [4.69, 9.17) is 0 Å². The van der Waals surface area contributed by atoms with Gasteiger partial charge >= 0.3 is 5.97 Å². The van der Waals surface area contributed by atoms with Gasteiger partial charge in [0.05, 0.1) is 18.5 Å². The number of anilines is 3. The second-order valence-electron chi connectivity index (χ2n) is 7.15. The van der Waals surface area contributed by atoms with Crippen LogP contribution in [0.1, 0.15) is 52.4 Å². The van der Waals surface area contributed by atoms with Crippen molar-refractivity contribution in [2.24, 2.45) is 5.92 Å². The molecule has 2 amide bonds. The Kier molecular flexibility index (Phi) is 7.64. The first-order valence-electron chi connectivity index (χ1n) is 9.49. The van der Waals surface area contributed by atoms with Crippen molar-refractivity contribution < 1.29 is 19.1 Å². The van der Waals surface area contributed by atoms with Gasteiger partial charge in [-0.25, -0.2) is 0 Å². The van der Waals surface area contributed by atoms with E-state index in [0.717, 1.165) is 31.4 Å². The number of rotatable bonds is 9. The molecule has 0 aliphatic carbocycles. The number of unbranched alkanes of at least 4 members (excludes halogenated alkanes) is 3. The lowest BCUT2D eigenvalue weighted by atomic mass is 10.0. The summed E-state index contributed by atoms with van der Waals surface area (Å²) >= 11 is 0. The van der Waals surface area contributed by atoms with Crippen LogP contribution in [0.2, 0.25) is 0 Å². The maximum atomic E-state index is 12.1. The molecule has 3 N–H and O–H groups in total. The van der Waals surface area contributed by atoms with Crippen LogP contribution in [0, 0.1) is 5.92 Å². The van der Waals surface area contributed by atoms with E-state index in [1.807, 2.05) is 26.0 Å². The summed E-state index contributed by atoms with van der Waals surface area (Å²) in [5.74, 6) is -0.127. The molecule has 148 valence electrons. The molecular formula is C20H29N3O4. The van der Waals surface area contributed by atoms with Crippen LogP contribution in [0.25, 0.3) is 0 Å². The molecule has 7 nitrogen and oxygen atoms in total. The highest BCUT2D eigenvalue weighted by molar-refractivity contribution is 6.04. The Morgan fingerprint density at radius 1 is 1.11 bits per heavy atom. The zero-order valence-electron chi connectivity index (χ0n) is 16.3. The van der Waals surface area contributed by atoms with E-state index in [-0.39, 0.29) is 29.7 Å². The third-order valence-corrected chi connectivity index (χ3v) is 4.58. The van der Waals surface area contributed by atoms with Gasteiger partial charge in [0.15, 0.2) is 0 Å². The lowest BCUT2D eigenvalue weighted by Crippen LogP contribution is -2.42. The summed E-state index contributed by atoms with van der Waals surface area (Å²) in [5, 5.41) is 9.00. The SMILES string of the molecule is COC(=O)CCCCCCC(=O)Nc1ccc2c(c1)NC(=O)[C@H](C(C)C)N2. The van der Waals surface area contributed by atoms with Gasteiger partial charge in [0.2, 0.25) is 11.8 Å². The van der Waals surface area contributed by atoms with Crippen molar-refractivity contribution in [1.82, 2.24) is 0 Å². The zero-order valence-corrected chi connectivity index (χ0v) is 16.3. The molecule has 0 aromatic heterocycles.